The van der Waals surface area contributed by atoms with Crippen LogP contribution in [0.1, 0.15) is 19.6 Å². The third-order valence-electron chi connectivity index (χ3n) is 3.94. The largest absolute Gasteiger partial charge is 0.490 e. The van der Waals surface area contributed by atoms with Gasteiger partial charge < -0.3 is 30.0 Å². The first-order valence-corrected chi connectivity index (χ1v) is 12.7. The Bertz CT molecular complexity index is 1120. The van der Waals surface area contributed by atoms with E-state index in [0.29, 0.717) is 0 Å². The van der Waals surface area contributed by atoms with Gasteiger partial charge in [0, 0.05) is 6.42 Å². The molecule has 0 aliphatic carbocycles. The smallest absolute Gasteiger partial charge is 0.382 e. The molecule has 2 aromatic heterocycles. The van der Waals surface area contributed by atoms with E-state index in [4.69, 9.17) is 25.2 Å². The minimum absolute atomic E-state index is 0.0616. The summed E-state index contributed by atoms with van der Waals surface area (Å²) in [6.45, 7) is 0.405. The molecule has 1 aliphatic heterocycles. The summed E-state index contributed by atoms with van der Waals surface area (Å²) in [5, 5.41) is 0. The molecule has 1 aliphatic rings. The lowest BCUT2D eigenvalue weighted by atomic mass is 10.0. The zero-order valence-corrected chi connectivity index (χ0v) is 18.1. The van der Waals surface area contributed by atoms with Crippen molar-refractivity contribution in [1.82, 2.24) is 19.5 Å². The highest BCUT2D eigenvalue weighted by Crippen LogP contribution is 2.66. The number of phosphoric acid groups is 3. The highest BCUT2D eigenvalue weighted by atomic mass is 31.3. The molecule has 0 radical (unpaired) electrons. The topological polar surface area (TPSA) is 239 Å². The van der Waals surface area contributed by atoms with Crippen molar-refractivity contribution in [2.75, 3.05) is 12.3 Å². The van der Waals surface area contributed by atoms with Crippen molar-refractivity contribution in [3.8, 4) is 0 Å². The summed E-state index contributed by atoms with van der Waals surface area (Å²) in [6.07, 6.45) is -0.396. The van der Waals surface area contributed by atoms with E-state index in [1.54, 1.807) is 0 Å². The third kappa shape index (κ3) is 5.92. The number of hydrogen-bond donors (Lipinski definition) is 5. The van der Waals surface area contributed by atoms with Gasteiger partial charge >= 0.3 is 23.5 Å². The zero-order valence-electron chi connectivity index (χ0n) is 15.5. The van der Waals surface area contributed by atoms with Crippen LogP contribution in [0.25, 0.3) is 11.2 Å². The molecule has 2 unspecified atom stereocenters. The second kappa shape index (κ2) is 8.21. The van der Waals surface area contributed by atoms with Crippen molar-refractivity contribution in [2.45, 2.75) is 31.3 Å². The lowest BCUT2D eigenvalue weighted by molar-refractivity contribution is -0.0559. The van der Waals surface area contributed by atoms with Crippen LogP contribution in [0.3, 0.4) is 0 Å². The number of anilines is 1. The number of hydrogen-bond acceptors (Lipinski definition) is 11. The number of rotatable bonds is 8. The second-order valence-electron chi connectivity index (χ2n) is 6.56. The summed E-state index contributed by atoms with van der Waals surface area (Å²) < 4.78 is 67.4. The number of alkyl halides is 1. The Kier molecular flexibility index (Phi) is 6.43. The number of nitrogens with zero attached hydrogens (tertiary/aromatic N) is 4. The van der Waals surface area contributed by atoms with Crippen molar-refractivity contribution >= 4 is 40.4 Å². The number of halogens is 1. The van der Waals surface area contributed by atoms with Crippen molar-refractivity contribution in [3.63, 3.8) is 0 Å². The first kappa shape index (κ1) is 24.3. The molecule has 3 heterocycles. The molecule has 1 fully saturated rings. The van der Waals surface area contributed by atoms with Gasteiger partial charge in [0.2, 0.25) is 0 Å². The van der Waals surface area contributed by atoms with Gasteiger partial charge in [0.25, 0.3) is 0 Å². The van der Waals surface area contributed by atoms with E-state index >= 15 is 4.39 Å². The average Bonchev–Trinajstić information content (AvgIpc) is 3.10. The number of phosphoric ester groups is 1. The SMILES string of the molecule is C[C@@]1(F)C[C@@H](COP(=O)(O)OP(=O)(O)OP(=O)(O)O)O[C@H]1n1cnc2c(N)ncnc21. The van der Waals surface area contributed by atoms with Crippen LogP contribution in [0, 0.1) is 0 Å². The van der Waals surface area contributed by atoms with Gasteiger partial charge in [-0.25, -0.2) is 33.0 Å². The fourth-order valence-electron chi connectivity index (χ4n) is 2.89. The Morgan fingerprint density at radius 3 is 2.55 bits per heavy atom. The maximum absolute atomic E-state index is 15.1. The van der Waals surface area contributed by atoms with Gasteiger partial charge in [0.05, 0.1) is 19.0 Å². The van der Waals surface area contributed by atoms with E-state index in [-0.39, 0.29) is 23.4 Å². The number of imidazole rings is 1. The number of nitrogens with two attached hydrogens (primary N) is 1. The summed E-state index contributed by atoms with van der Waals surface area (Å²) in [5.41, 5.74) is 4.04. The van der Waals surface area contributed by atoms with E-state index < -0.39 is 48.1 Å². The van der Waals surface area contributed by atoms with Gasteiger partial charge in [-0.15, -0.1) is 0 Å². The Labute approximate surface area is 172 Å². The molecule has 0 aromatic carbocycles. The normalized spacial score (nSPS) is 28.5. The molecule has 6 N–H and O–H groups in total. The summed E-state index contributed by atoms with van der Waals surface area (Å²) >= 11 is 0. The van der Waals surface area contributed by atoms with Gasteiger partial charge in [-0.2, -0.15) is 8.62 Å². The minimum Gasteiger partial charge on any atom is -0.382 e. The summed E-state index contributed by atoms with van der Waals surface area (Å²) in [5.74, 6) is 0.0616. The minimum atomic E-state index is -5.66. The predicted octanol–water partition coefficient (Wildman–Crippen LogP) is 0.767. The van der Waals surface area contributed by atoms with E-state index in [1.807, 2.05) is 0 Å². The maximum atomic E-state index is 15.1. The highest BCUT2D eigenvalue weighted by molar-refractivity contribution is 7.66. The molecule has 174 valence electrons. The fourth-order valence-corrected chi connectivity index (χ4v) is 5.94. The van der Waals surface area contributed by atoms with Crippen LogP contribution in [-0.4, -0.2) is 57.5 Å². The Balaban J connectivity index is 1.69. The van der Waals surface area contributed by atoms with Crippen molar-refractivity contribution < 1.29 is 55.5 Å². The van der Waals surface area contributed by atoms with Crippen molar-refractivity contribution in [1.29, 1.82) is 0 Å². The van der Waals surface area contributed by atoms with Crippen LogP contribution in [0.5, 0.6) is 0 Å². The predicted molar refractivity (Wildman–Crippen MR) is 97.6 cm³/mol. The van der Waals surface area contributed by atoms with Gasteiger partial charge in [0.15, 0.2) is 23.4 Å². The molecule has 5 atom stereocenters. The molecule has 0 spiro atoms. The van der Waals surface area contributed by atoms with Gasteiger partial charge in [-0.3, -0.25) is 9.09 Å². The third-order valence-corrected chi connectivity index (χ3v) is 7.74. The lowest BCUT2D eigenvalue weighted by Gasteiger charge is -2.22. The molecule has 20 heteroatoms. The van der Waals surface area contributed by atoms with Crippen LogP contribution in [0.4, 0.5) is 10.2 Å². The van der Waals surface area contributed by atoms with Crippen LogP contribution < -0.4 is 5.73 Å². The molecule has 1 saturated heterocycles. The molecular formula is C11H17FN5O11P3. The highest BCUT2D eigenvalue weighted by Gasteiger charge is 2.49. The van der Waals surface area contributed by atoms with E-state index in [1.165, 1.54) is 17.8 Å². The lowest BCUT2D eigenvalue weighted by Crippen LogP contribution is -2.27. The van der Waals surface area contributed by atoms with Crippen LogP contribution in [0.2, 0.25) is 0 Å². The van der Waals surface area contributed by atoms with Gasteiger partial charge in [-0.05, 0) is 6.92 Å². The molecule has 3 rings (SSSR count). The Morgan fingerprint density at radius 1 is 1.23 bits per heavy atom. The molecule has 0 amide bonds. The quantitative estimate of drug-likeness (QED) is 0.310. The Morgan fingerprint density at radius 2 is 1.90 bits per heavy atom. The molecule has 31 heavy (non-hydrogen) atoms. The standard InChI is InChI=1S/C11H17FN5O11P3/c1-11(12)2-6(3-25-30(21,22)28-31(23,24)27-29(18,19)20)26-10(11)17-5-16-7-8(13)14-4-15-9(7)17/h4-6,10H,2-3H2,1H3,(H,21,22)(H,23,24)(H2,13,14,15)(H2,18,19,20)/t6-,10+,11+/m0/s1. The monoisotopic (exact) mass is 507 g/mol. The number of nitrogen functional groups attached to an aromatic ring is 1. The van der Waals surface area contributed by atoms with Crippen LogP contribution in [-0.2, 0) is 31.6 Å². The van der Waals surface area contributed by atoms with Gasteiger partial charge in [0.1, 0.15) is 11.8 Å². The maximum Gasteiger partial charge on any atom is 0.490 e. The zero-order chi connectivity index (χ0) is 23.2. The molecule has 0 bridgehead atoms. The summed E-state index contributed by atoms with van der Waals surface area (Å²) in [7, 11) is -16.5. The molecule has 16 nitrogen and oxygen atoms in total. The Hall–Kier alpha value is -1.35. The fraction of sp³-hybridized carbons (Fsp3) is 0.545. The van der Waals surface area contributed by atoms with Crippen LogP contribution in [0.15, 0.2) is 12.7 Å². The summed E-state index contributed by atoms with van der Waals surface area (Å²) in [6, 6.07) is 0. The van der Waals surface area contributed by atoms with E-state index in [2.05, 4.69) is 28.1 Å². The molecule has 2 aromatic rings. The number of ether oxygens (including phenoxy) is 1. The van der Waals surface area contributed by atoms with Crippen molar-refractivity contribution in [3.05, 3.63) is 12.7 Å². The average molecular weight is 507 g/mol. The van der Waals surface area contributed by atoms with Crippen LogP contribution >= 0.6 is 23.5 Å². The summed E-state index contributed by atoms with van der Waals surface area (Å²) in [4.78, 5) is 47.4. The van der Waals surface area contributed by atoms with E-state index in [9.17, 15) is 18.6 Å². The van der Waals surface area contributed by atoms with E-state index in [0.717, 1.165) is 6.33 Å². The first-order chi connectivity index (χ1) is 14.1. The molecular weight excluding hydrogens is 490 g/mol. The molecule has 0 saturated carbocycles. The van der Waals surface area contributed by atoms with Crippen molar-refractivity contribution in [2.24, 2.45) is 0 Å². The first-order valence-electron chi connectivity index (χ1n) is 8.14. The number of fused-ring (bicyclic) bond motifs is 1. The van der Waals surface area contributed by atoms with Gasteiger partial charge in [-0.1, -0.05) is 0 Å². The second-order valence-corrected chi connectivity index (χ2v) is 11.0. The number of aromatic nitrogens is 4.